The van der Waals surface area contributed by atoms with Gasteiger partial charge in [0.05, 0.1) is 10.6 Å². The van der Waals surface area contributed by atoms with Crippen LogP contribution in [-0.4, -0.2) is 23.4 Å². The van der Waals surface area contributed by atoms with Crippen LogP contribution < -0.4 is 4.74 Å². The number of hydrogen-bond donors (Lipinski definition) is 1. The number of halogens is 5. The fraction of sp³-hybridized carbons (Fsp3) is 0.182. The van der Waals surface area contributed by atoms with Crippen LogP contribution in [0.25, 0.3) is 6.08 Å². The highest BCUT2D eigenvalue weighted by Gasteiger charge is 2.48. The topological polar surface area (TPSA) is 46.5 Å². The molecule has 0 bridgehead atoms. The molecule has 1 aliphatic rings. The lowest BCUT2D eigenvalue weighted by Gasteiger charge is -2.27. The van der Waals surface area contributed by atoms with Gasteiger partial charge < -0.3 is 9.84 Å². The van der Waals surface area contributed by atoms with Crippen molar-refractivity contribution in [3.63, 3.8) is 0 Å². The third-order valence-corrected chi connectivity index (χ3v) is 2.96. The molecule has 3 nitrogen and oxygen atoms in total. The summed E-state index contributed by atoms with van der Waals surface area (Å²) in [6.45, 7) is 0. The molecule has 1 atom stereocenters. The first-order valence-electron chi connectivity index (χ1n) is 4.87. The van der Waals surface area contributed by atoms with Gasteiger partial charge in [0, 0.05) is 10.6 Å². The number of benzene rings is 1. The van der Waals surface area contributed by atoms with Crippen molar-refractivity contribution < 1.29 is 27.8 Å². The molecule has 102 valence electrons. The summed E-state index contributed by atoms with van der Waals surface area (Å²) in [6, 6.07) is 2.44. The van der Waals surface area contributed by atoms with Crippen LogP contribution in [0.4, 0.5) is 13.2 Å². The van der Waals surface area contributed by atoms with Crippen molar-refractivity contribution in [1.82, 2.24) is 0 Å². The minimum atomic E-state index is -4.85. The molecule has 1 aromatic carbocycles. The van der Waals surface area contributed by atoms with E-state index in [1.807, 2.05) is 0 Å². The maximum atomic E-state index is 12.8. The maximum absolute atomic E-state index is 12.8. The molecule has 0 saturated heterocycles. The second-order valence-electron chi connectivity index (χ2n) is 3.74. The summed E-state index contributed by atoms with van der Waals surface area (Å²) in [5.74, 6) is -1.93. The zero-order valence-electron chi connectivity index (χ0n) is 8.96. The van der Waals surface area contributed by atoms with Gasteiger partial charge in [0.1, 0.15) is 5.75 Å². The third kappa shape index (κ3) is 2.64. The number of carboxylic acids is 1. The molecule has 0 fully saturated rings. The number of hydrogen-bond acceptors (Lipinski definition) is 2. The summed E-state index contributed by atoms with van der Waals surface area (Å²) in [5.41, 5.74) is -0.867. The van der Waals surface area contributed by atoms with E-state index in [1.54, 1.807) is 0 Å². The second-order valence-corrected chi connectivity index (χ2v) is 4.59. The van der Waals surface area contributed by atoms with Crippen molar-refractivity contribution in [1.29, 1.82) is 0 Å². The number of carboxylic acid groups (broad SMARTS) is 1. The molecule has 0 aromatic heterocycles. The standard InChI is InChI=1S/C11H5Cl2F3O3/c12-4-1-7(13)5-3-6(10(17)18)9(11(14,15)16)19-8(5)2-4/h1-3,9H,(H,17,18)/t9-/m0/s1. The van der Waals surface area contributed by atoms with E-state index in [1.165, 1.54) is 6.07 Å². The van der Waals surface area contributed by atoms with Crippen molar-refractivity contribution in [3.8, 4) is 5.75 Å². The molecule has 1 N–H and O–H groups in total. The van der Waals surface area contributed by atoms with Gasteiger partial charge in [-0.1, -0.05) is 23.2 Å². The van der Waals surface area contributed by atoms with Crippen molar-refractivity contribution in [2.45, 2.75) is 12.3 Å². The highest BCUT2D eigenvalue weighted by molar-refractivity contribution is 6.36. The predicted molar refractivity (Wildman–Crippen MR) is 62.5 cm³/mol. The minimum Gasteiger partial charge on any atom is -0.478 e. The van der Waals surface area contributed by atoms with Crippen LogP contribution in [0.15, 0.2) is 17.7 Å². The number of fused-ring (bicyclic) bond motifs is 1. The van der Waals surface area contributed by atoms with E-state index >= 15 is 0 Å². The Labute approximate surface area is 115 Å². The number of ether oxygens (including phenoxy) is 1. The van der Waals surface area contributed by atoms with Gasteiger partial charge in [-0.3, -0.25) is 0 Å². The Morgan fingerprint density at radius 1 is 1.32 bits per heavy atom. The highest BCUT2D eigenvalue weighted by Crippen LogP contribution is 2.41. The summed E-state index contributed by atoms with van der Waals surface area (Å²) >= 11 is 11.5. The van der Waals surface area contributed by atoms with Crippen molar-refractivity contribution in [3.05, 3.63) is 33.3 Å². The minimum absolute atomic E-state index is 0.0156. The molecule has 8 heteroatoms. The lowest BCUT2D eigenvalue weighted by atomic mass is 10.0. The summed E-state index contributed by atoms with van der Waals surface area (Å²) in [7, 11) is 0. The van der Waals surface area contributed by atoms with Gasteiger partial charge in [0.2, 0.25) is 6.10 Å². The number of alkyl halides is 3. The van der Waals surface area contributed by atoms with Crippen molar-refractivity contribution in [2.24, 2.45) is 0 Å². The average Bonchev–Trinajstić information content (AvgIpc) is 2.25. The molecule has 0 radical (unpaired) electrons. The number of aliphatic carboxylic acids is 1. The van der Waals surface area contributed by atoms with Gasteiger partial charge in [-0.25, -0.2) is 4.79 Å². The van der Waals surface area contributed by atoms with Crippen LogP contribution in [0.2, 0.25) is 10.0 Å². The summed E-state index contributed by atoms with van der Waals surface area (Å²) < 4.78 is 42.9. The summed E-state index contributed by atoms with van der Waals surface area (Å²) in [5, 5.41) is 8.94. The van der Waals surface area contributed by atoms with Gasteiger partial charge in [0.25, 0.3) is 0 Å². The predicted octanol–water partition coefficient (Wildman–Crippen LogP) is 3.78. The van der Waals surface area contributed by atoms with E-state index in [0.717, 1.165) is 12.1 Å². The SMILES string of the molecule is O=C(O)C1=Cc2c(Cl)cc(Cl)cc2O[C@@H]1C(F)(F)F. The zero-order valence-corrected chi connectivity index (χ0v) is 10.5. The molecule has 19 heavy (non-hydrogen) atoms. The number of carbonyl (C=O) groups is 1. The Morgan fingerprint density at radius 3 is 2.47 bits per heavy atom. The second kappa shape index (κ2) is 4.61. The molecule has 1 aromatic rings. The first-order valence-corrected chi connectivity index (χ1v) is 5.63. The van der Waals surface area contributed by atoms with Crippen molar-refractivity contribution in [2.75, 3.05) is 0 Å². The van der Waals surface area contributed by atoms with Gasteiger partial charge in [-0.15, -0.1) is 0 Å². The van der Waals surface area contributed by atoms with Crippen LogP contribution >= 0.6 is 23.2 Å². The fourth-order valence-electron chi connectivity index (χ4n) is 1.64. The molecule has 1 heterocycles. The van der Waals surface area contributed by atoms with Crippen LogP contribution in [0.1, 0.15) is 5.56 Å². The lowest BCUT2D eigenvalue weighted by molar-refractivity contribution is -0.187. The smallest absolute Gasteiger partial charge is 0.430 e. The average molecular weight is 313 g/mol. The quantitative estimate of drug-likeness (QED) is 0.858. The Hall–Kier alpha value is -1.40. The first-order chi connectivity index (χ1) is 8.70. The van der Waals surface area contributed by atoms with Crippen LogP contribution in [-0.2, 0) is 4.79 Å². The van der Waals surface area contributed by atoms with Gasteiger partial charge in [-0.2, -0.15) is 13.2 Å². The first kappa shape index (κ1) is 14.0. The Morgan fingerprint density at radius 2 is 1.95 bits per heavy atom. The summed E-state index contributed by atoms with van der Waals surface area (Å²) in [6.07, 6.45) is -6.55. The Bertz CT molecular complexity index is 581. The lowest BCUT2D eigenvalue weighted by Crippen LogP contribution is -2.40. The normalized spacial score (nSPS) is 18.4. The van der Waals surface area contributed by atoms with E-state index in [9.17, 15) is 18.0 Å². The fourth-order valence-corrected chi connectivity index (χ4v) is 2.17. The molecular weight excluding hydrogens is 308 g/mol. The van der Waals surface area contributed by atoms with Gasteiger partial charge >= 0.3 is 12.1 Å². The molecular formula is C11H5Cl2F3O3. The molecule has 0 spiro atoms. The van der Waals surface area contributed by atoms with Crippen LogP contribution in [0.3, 0.4) is 0 Å². The Kier molecular flexibility index (Phi) is 3.40. The molecule has 2 rings (SSSR count). The van der Waals surface area contributed by atoms with Crippen LogP contribution in [0.5, 0.6) is 5.75 Å². The maximum Gasteiger partial charge on any atom is 0.430 e. The van der Waals surface area contributed by atoms with Gasteiger partial charge in [-0.05, 0) is 18.2 Å². The van der Waals surface area contributed by atoms with E-state index in [0.29, 0.717) is 0 Å². The van der Waals surface area contributed by atoms with E-state index in [4.69, 9.17) is 28.3 Å². The third-order valence-electron chi connectivity index (χ3n) is 2.43. The molecule has 1 aliphatic heterocycles. The molecule has 0 amide bonds. The molecule has 0 aliphatic carbocycles. The van der Waals surface area contributed by atoms with E-state index < -0.39 is 23.8 Å². The zero-order chi connectivity index (χ0) is 14.4. The molecule has 0 unspecified atom stereocenters. The number of rotatable bonds is 1. The monoisotopic (exact) mass is 312 g/mol. The van der Waals surface area contributed by atoms with E-state index in [-0.39, 0.29) is 21.4 Å². The van der Waals surface area contributed by atoms with Crippen molar-refractivity contribution >= 4 is 35.2 Å². The highest BCUT2D eigenvalue weighted by atomic mass is 35.5. The van der Waals surface area contributed by atoms with E-state index in [2.05, 4.69) is 4.74 Å². The van der Waals surface area contributed by atoms with Gasteiger partial charge in [0.15, 0.2) is 0 Å². The summed E-state index contributed by atoms with van der Waals surface area (Å²) in [4.78, 5) is 10.9. The van der Waals surface area contributed by atoms with Crippen LogP contribution in [0, 0.1) is 0 Å². The molecule has 0 saturated carbocycles. The largest absolute Gasteiger partial charge is 0.478 e. The Balaban J connectivity index is 2.61.